The summed E-state index contributed by atoms with van der Waals surface area (Å²) >= 11 is 0. The van der Waals surface area contributed by atoms with Crippen molar-refractivity contribution in [3.63, 3.8) is 0 Å². The summed E-state index contributed by atoms with van der Waals surface area (Å²) in [7, 11) is 0. The van der Waals surface area contributed by atoms with Crippen molar-refractivity contribution in [3.8, 4) is 5.75 Å². The number of hydrogen-bond donors (Lipinski definition) is 3. The van der Waals surface area contributed by atoms with E-state index in [1.165, 1.54) is 4.90 Å². The molecule has 1 aromatic carbocycles. The number of ether oxygens (including phenoxy) is 1. The number of nitrogens with zero attached hydrogens (tertiary/aromatic N) is 1. The lowest BCUT2D eigenvalue weighted by Gasteiger charge is -2.29. The van der Waals surface area contributed by atoms with Gasteiger partial charge in [-0.25, -0.2) is 4.79 Å². The number of anilines is 1. The zero-order chi connectivity index (χ0) is 16.1. The van der Waals surface area contributed by atoms with Gasteiger partial charge in [0.25, 0.3) is 5.91 Å². The first-order valence-corrected chi connectivity index (χ1v) is 6.68. The van der Waals surface area contributed by atoms with E-state index in [1.54, 1.807) is 24.3 Å². The van der Waals surface area contributed by atoms with Gasteiger partial charge in [0.2, 0.25) is 5.91 Å². The molecule has 0 radical (unpaired) electrons. The summed E-state index contributed by atoms with van der Waals surface area (Å²) in [5.41, 5.74) is 0.573. The number of aliphatic carboxylic acids is 1. The summed E-state index contributed by atoms with van der Waals surface area (Å²) in [6.07, 6.45) is -0.0795. The monoisotopic (exact) mass is 308 g/mol. The summed E-state index contributed by atoms with van der Waals surface area (Å²) in [4.78, 5) is 35.8. The molecule has 0 saturated heterocycles. The first-order chi connectivity index (χ1) is 10.5. The van der Waals surface area contributed by atoms with Gasteiger partial charge >= 0.3 is 5.97 Å². The lowest BCUT2D eigenvalue weighted by Crippen LogP contribution is -2.45. The van der Waals surface area contributed by atoms with Gasteiger partial charge < -0.3 is 25.2 Å². The Hall–Kier alpha value is -2.61. The van der Waals surface area contributed by atoms with Crippen LogP contribution in [0.1, 0.15) is 6.42 Å². The Morgan fingerprint density at radius 1 is 1.36 bits per heavy atom. The Balaban J connectivity index is 1.98. The number of carboxylic acid groups (broad SMARTS) is 1. The molecule has 1 aromatic rings. The van der Waals surface area contributed by atoms with Crippen LogP contribution in [0.3, 0.4) is 0 Å². The number of aliphatic hydroxyl groups excluding tert-OH is 1. The molecule has 118 valence electrons. The number of nitrogens with one attached hydrogen (secondary N) is 1. The lowest BCUT2D eigenvalue weighted by molar-refractivity contribution is -0.143. The molecule has 1 heterocycles. The average Bonchev–Trinajstić information content (AvgIpc) is 2.51. The topological polar surface area (TPSA) is 116 Å². The number of benzene rings is 1. The maximum Gasteiger partial charge on any atom is 0.328 e. The summed E-state index contributed by atoms with van der Waals surface area (Å²) in [5, 5.41) is 19.8. The molecule has 1 aliphatic rings. The van der Waals surface area contributed by atoms with Crippen LogP contribution in [0.25, 0.3) is 0 Å². The number of para-hydroxylation sites is 2. The van der Waals surface area contributed by atoms with Gasteiger partial charge in [-0.2, -0.15) is 0 Å². The third kappa shape index (κ3) is 3.53. The molecule has 0 fully saturated rings. The zero-order valence-electron chi connectivity index (χ0n) is 11.7. The standard InChI is InChI=1S/C14H16N2O6/c17-7-9(14(20)21)15-12(18)5-6-16-10-3-1-2-4-11(10)22-8-13(16)19/h1-4,9,17H,5-8H2,(H,15,18)(H,20,21). The predicted molar refractivity (Wildman–Crippen MR) is 75.6 cm³/mol. The molecule has 0 bridgehead atoms. The highest BCUT2D eigenvalue weighted by Gasteiger charge is 2.26. The van der Waals surface area contributed by atoms with Gasteiger partial charge in [0.15, 0.2) is 6.61 Å². The molecule has 8 nitrogen and oxygen atoms in total. The van der Waals surface area contributed by atoms with E-state index in [4.69, 9.17) is 14.9 Å². The number of carbonyl (C=O) groups is 3. The highest BCUT2D eigenvalue weighted by molar-refractivity contribution is 5.98. The van der Waals surface area contributed by atoms with E-state index < -0.39 is 24.5 Å². The molecule has 0 aliphatic carbocycles. The number of aliphatic hydroxyl groups is 1. The predicted octanol–water partition coefficient (Wildman–Crippen LogP) is -0.636. The fourth-order valence-corrected chi connectivity index (χ4v) is 2.06. The Kier molecular flexibility index (Phi) is 4.95. The maximum atomic E-state index is 11.9. The van der Waals surface area contributed by atoms with Crippen LogP contribution in [0.4, 0.5) is 5.69 Å². The third-order valence-corrected chi connectivity index (χ3v) is 3.19. The molecule has 0 aromatic heterocycles. The number of carboxylic acids is 1. The van der Waals surface area contributed by atoms with Crippen molar-refractivity contribution >= 4 is 23.5 Å². The average molecular weight is 308 g/mol. The van der Waals surface area contributed by atoms with Crippen molar-refractivity contribution in [1.82, 2.24) is 5.32 Å². The molecule has 3 N–H and O–H groups in total. The quantitative estimate of drug-likeness (QED) is 0.644. The second-order valence-corrected chi connectivity index (χ2v) is 4.69. The van der Waals surface area contributed by atoms with Gasteiger partial charge in [-0.3, -0.25) is 9.59 Å². The normalized spacial score (nSPS) is 14.8. The van der Waals surface area contributed by atoms with Crippen LogP contribution in [-0.4, -0.2) is 53.8 Å². The summed E-state index contributed by atoms with van der Waals surface area (Å²) in [5.74, 6) is -1.59. The molecule has 1 unspecified atom stereocenters. The second kappa shape index (κ2) is 6.90. The first kappa shape index (κ1) is 15.8. The lowest BCUT2D eigenvalue weighted by atomic mass is 10.2. The molecule has 2 amide bonds. The van der Waals surface area contributed by atoms with E-state index in [-0.39, 0.29) is 25.5 Å². The zero-order valence-corrected chi connectivity index (χ0v) is 11.7. The van der Waals surface area contributed by atoms with E-state index in [2.05, 4.69) is 5.32 Å². The molecule has 2 rings (SSSR count). The Morgan fingerprint density at radius 3 is 2.77 bits per heavy atom. The van der Waals surface area contributed by atoms with Crippen molar-refractivity contribution in [2.75, 3.05) is 24.7 Å². The van der Waals surface area contributed by atoms with Crippen LogP contribution < -0.4 is 15.0 Å². The van der Waals surface area contributed by atoms with E-state index in [1.807, 2.05) is 0 Å². The van der Waals surface area contributed by atoms with Crippen LogP contribution >= 0.6 is 0 Å². The smallest absolute Gasteiger partial charge is 0.328 e. The summed E-state index contributed by atoms with van der Waals surface area (Å²) < 4.78 is 5.28. The molecule has 8 heteroatoms. The molecular weight excluding hydrogens is 292 g/mol. The summed E-state index contributed by atoms with van der Waals surface area (Å²) in [6.45, 7) is -0.698. The second-order valence-electron chi connectivity index (χ2n) is 4.69. The number of carbonyl (C=O) groups excluding carboxylic acids is 2. The minimum absolute atomic E-state index is 0.0795. The van der Waals surface area contributed by atoms with Crippen molar-refractivity contribution in [1.29, 1.82) is 0 Å². The van der Waals surface area contributed by atoms with Crippen molar-refractivity contribution < 1.29 is 29.3 Å². The van der Waals surface area contributed by atoms with E-state index >= 15 is 0 Å². The minimum Gasteiger partial charge on any atom is -0.482 e. The Labute approximate surface area is 126 Å². The van der Waals surface area contributed by atoms with Crippen molar-refractivity contribution in [3.05, 3.63) is 24.3 Å². The molecule has 0 spiro atoms. The number of rotatable bonds is 6. The van der Waals surface area contributed by atoms with Gasteiger partial charge in [0, 0.05) is 13.0 Å². The number of amides is 2. The van der Waals surface area contributed by atoms with Gasteiger partial charge in [-0.15, -0.1) is 0 Å². The van der Waals surface area contributed by atoms with Crippen LogP contribution in [-0.2, 0) is 14.4 Å². The molecular formula is C14H16N2O6. The number of hydrogen-bond acceptors (Lipinski definition) is 5. The third-order valence-electron chi connectivity index (χ3n) is 3.19. The van der Waals surface area contributed by atoms with Gasteiger partial charge in [-0.05, 0) is 12.1 Å². The van der Waals surface area contributed by atoms with E-state index in [0.29, 0.717) is 11.4 Å². The van der Waals surface area contributed by atoms with Crippen LogP contribution in [0.2, 0.25) is 0 Å². The van der Waals surface area contributed by atoms with Crippen LogP contribution in [0.15, 0.2) is 24.3 Å². The molecule has 1 atom stereocenters. The fourth-order valence-electron chi connectivity index (χ4n) is 2.06. The van der Waals surface area contributed by atoms with E-state index in [9.17, 15) is 14.4 Å². The highest BCUT2D eigenvalue weighted by Crippen LogP contribution is 2.31. The van der Waals surface area contributed by atoms with Gasteiger partial charge in [-0.1, -0.05) is 12.1 Å². The Bertz CT molecular complexity index is 588. The van der Waals surface area contributed by atoms with Crippen LogP contribution in [0, 0.1) is 0 Å². The fraction of sp³-hybridized carbons (Fsp3) is 0.357. The highest BCUT2D eigenvalue weighted by atomic mass is 16.5. The van der Waals surface area contributed by atoms with Gasteiger partial charge in [0.1, 0.15) is 11.8 Å². The van der Waals surface area contributed by atoms with E-state index in [0.717, 1.165) is 0 Å². The molecule has 0 saturated carbocycles. The largest absolute Gasteiger partial charge is 0.482 e. The maximum absolute atomic E-state index is 11.9. The SMILES string of the molecule is O=C(CCN1C(=O)COc2ccccc21)NC(CO)C(=O)O. The molecule has 1 aliphatic heterocycles. The molecule has 22 heavy (non-hydrogen) atoms. The Morgan fingerprint density at radius 2 is 2.09 bits per heavy atom. The van der Waals surface area contributed by atoms with Gasteiger partial charge in [0.05, 0.1) is 12.3 Å². The van der Waals surface area contributed by atoms with Crippen molar-refractivity contribution in [2.24, 2.45) is 0 Å². The minimum atomic E-state index is -1.35. The van der Waals surface area contributed by atoms with Crippen molar-refractivity contribution in [2.45, 2.75) is 12.5 Å². The summed E-state index contributed by atoms with van der Waals surface area (Å²) in [6, 6.07) is 5.61. The number of fused-ring (bicyclic) bond motifs is 1. The first-order valence-electron chi connectivity index (χ1n) is 6.68. The van der Waals surface area contributed by atoms with Crippen LogP contribution in [0.5, 0.6) is 5.75 Å².